The highest BCUT2D eigenvalue weighted by molar-refractivity contribution is 7.89. The molecule has 2 amide bonds. The zero-order valence-corrected chi connectivity index (χ0v) is 18.8. The maximum Gasteiger partial charge on any atom is 0.251 e. The van der Waals surface area contributed by atoms with Gasteiger partial charge in [-0.05, 0) is 36.8 Å². The summed E-state index contributed by atoms with van der Waals surface area (Å²) in [5.74, 6) is -0.648. The molecule has 0 heterocycles. The second-order valence-corrected chi connectivity index (χ2v) is 8.95. The van der Waals surface area contributed by atoms with Crippen molar-refractivity contribution in [3.8, 4) is 0 Å². The van der Waals surface area contributed by atoms with Crippen LogP contribution in [0.2, 0.25) is 5.02 Å². The molecule has 0 aromatic heterocycles. The summed E-state index contributed by atoms with van der Waals surface area (Å²) in [7, 11) is -3.67. The molecule has 0 aliphatic carbocycles. The topological polar surface area (TPSA) is 95.6 Å². The molecule has 2 aromatic rings. The lowest BCUT2D eigenvalue weighted by Crippen LogP contribution is -2.30. The number of carbonyl (C=O) groups excluding carboxylic acids is 2. The first-order valence-corrected chi connectivity index (χ1v) is 11.5. The number of nitrogens with one attached hydrogen (secondary N) is 2. The Morgan fingerprint density at radius 1 is 1.07 bits per heavy atom. The molecule has 2 rings (SSSR count). The molecule has 7 nitrogen and oxygen atoms in total. The number of hydrogen-bond donors (Lipinski definition) is 2. The van der Waals surface area contributed by atoms with Gasteiger partial charge in [0.05, 0.1) is 15.6 Å². The predicted octanol–water partition coefficient (Wildman–Crippen LogP) is 3.44. The van der Waals surface area contributed by atoms with Crippen molar-refractivity contribution in [1.29, 1.82) is 0 Å². The van der Waals surface area contributed by atoms with Crippen LogP contribution in [0, 0.1) is 6.92 Å². The van der Waals surface area contributed by atoms with E-state index in [9.17, 15) is 18.0 Å². The van der Waals surface area contributed by atoms with Gasteiger partial charge < -0.3 is 10.6 Å². The van der Waals surface area contributed by atoms with E-state index in [0.29, 0.717) is 18.7 Å². The monoisotopic (exact) mass is 451 g/mol. The van der Waals surface area contributed by atoms with E-state index in [1.54, 1.807) is 26.0 Å². The molecule has 2 N–H and O–H groups in total. The third-order valence-corrected chi connectivity index (χ3v) is 6.96. The Morgan fingerprint density at radius 2 is 1.73 bits per heavy atom. The van der Waals surface area contributed by atoms with Crippen molar-refractivity contribution >= 4 is 39.1 Å². The second kappa shape index (κ2) is 10.6. The summed E-state index contributed by atoms with van der Waals surface area (Å²) in [4.78, 5) is 24.5. The number of aryl methyl sites for hydroxylation is 1. The largest absolute Gasteiger partial charge is 0.352 e. The van der Waals surface area contributed by atoms with Crippen LogP contribution in [0.15, 0.2) is 47.4 Å². The normalized spacial score (nSPS) is 11.4. The lowest BCUT2D eigenvalue weighted by Gasteiger charge is -2.19. The number of sulfonamides is 1. The number of anilines is 1. The van der Waals surface area contributed by atoms with E-state index in [1.807, 2.05) is 19.1 Å². The molecular weight excluding hydrogens is 426 g/mol. The van der Waals surface area contributed by atoms with E-state index in [4.69, 9.17) is 11.6 Å². The number of carbonyl (C=O) groups is 2. The van der Waals surface area contributed by atoms with Crippen molar-refractivity contribution < 1.29 is 18.0 Å². The van der Waals surface area contributed by atoms with E-state index < -0.39 is 10.0 Å². The van der Waals surface area contributed by atoms with Crippen LogP contribution in [-0.4, -0.2) is 44.2 Å². The predicted molar refractivity (Wildman–Crippen MR) is 118 cm³/mol. The molecule has 0 aliphatic rings. The van der Waals surface area contributed by atoms with Gasteiger partial charge in [0, 0.05) is 31.6 Å². The first kappa shape index (κ1) is 23.9. The van der Waals surface area contributed by atoms with Gasteiger partial charge in [-0.1, -0.05) is 43.6 Å². The Kier molecular flexibility index (Phi) is 8.40. The molecule has 0 radical (unpaired) electrons. The maximum absolute atomic E-state index is 12.7. The Bertz CT molecular complexity index is 1020. The first-order chi connectivity index (χ1) is 14.2. The van der Waals surface area contributed by atoms with Gasteiger partial charge in [-0.25, -0.2) is 8.42 Å². The molecule has 0 bridgehead atoms. The molecule has 30 heavy (non-hydrogen) atoms. The van der Waals surface area contributed by atoms with Crippen molar-refractivity contribution in [3.63, 3.8) is 0 Å². The van der Waals surface area contributed by atoms with Crippen molar-refractivity contribution in [2.24, 2.45) is 0 Å². The quantitative estimate of drug-likeness (QED) is 0.610. The highest BCUT2D eigenvalue weighted by Gasteiger charge is 2.22. The molecule has 0 saturated heterocycles. The molecule has 0 fully saturated rings. The molecule has 162 valence electrons. The smallest absolute Gasteiger partial charge is 0.251 e. The van der Waals surface area contributed by atoms with Crippen LogP contribution in [0.3, 0.4) is 0 Å². The van der Waals surface area contributed by atoms with Gasteiger partial charge in [0.2, 0.25) is 15.9 Å². The minimum atomic E-state index is -3.67. The first-order valence-electron chi connectivity index (χ1n) is 9.64. The fourth-order valence-corrected chi connectivity index (χ4v) is 4.55. The van der Waals surface area contributed by atoms with E-state index in [-0.39, 0.29) is 40.4 Å². The molecular formula is C21H26ClN3O4S. The van der Waals surface area contributed by atoms with Crippen LogP contribution in [-0.2, 0) is 14.8 Å². The highest BCUT2D eigenvalue weighted by atomic mass is 35.5. The summed E-state index contributed by atoms with van der Waals surface area (Å²) in [5.41, 5.74) is 1.60. The lowest BCUT2D eigenvalue weighted by atomic mass is 10.1. The number of nitrogens with zero attached hydrogens (tertiary/aromatic N) is 1. The minimum Gasteiger partial charge on any atom is -0.352 e. The van der Waals surface area contributed by atoms with Crippen molar-refractivity contribution in [3.05, 3.63) is 58.6 Å². The van der Waals surface area contributed by atoms with E-state index in [2.05, 4.69) is 10.6 Å². The van der Waals surface area contributed by atoms with Crippen LogP contribution in [0.5, 0.6) is 0 Å². The van der Waals surface area contributed by atoms with Crippen LogP contribution in [0.4, 0.5) is 5.69 Å². The standard InChI is InChI=1S/C21H26ClN3O4S/c1-4-25(5-2)30(28,29)16-10-11-18(22)19(14-16)24-20(26)12-13-23-21(27)17-9-7-6-8-15(17)3/h6-11,14H,4-5,12-13H2,1-3H3,(H,23,27)(H,24,26). The van der Waals surface area contributed by atoms with E-state index in [1.165, 1.54) is 22.5 Å². The van der Waals surface area contributed by atoms with E-state index in [0.717, 1.165) is 5.56 Å². The molecule has 0 aliphatic heterocycles. The zero-order chi connectivity index (χ0) is 22.3. The number of amides is 2. The molecule has 9 heteroatoms. The molecule has 0 spiro atoms. The second-order valence-electron chi connectivity index (χ2n) is 6.60. The van der Waals surface area contributed by atoms with Gasteiger partial charge >= 0.3 is 0 Å². The Balaban J connectivity index is 2.01. The van der Waals surface area contributed by atoms with Crippen LogP contribution in [0.25, 0.3) is 0 Å². The molecule has 0 unspecified atom stereocenters. The zero-order valence-electron chi connectivity index (χ0n) is 17.2. The number of hydrogen-bond acceptors (Lipinski definition) is 4. The molecule has 2 aromatic carbocycles. The van der Waals surface area contributed by atoms with E-state index >= 15 is 0 Å². The fraction of sp³-hybridized carbons (Fsp3) is 0.333. The number of halogens is 1. The summed E-state index contributed by atoms with van der Waals surface area (Å²) < 4.78 is 26.7. The lowest BCUT2D eigenvalue weighted by molar-refractivity contribution is -0.116. The SMILES string of the molecule is CCN(CC)S(=O)(=O)c1ccc(Cl)c(NC(=O)CCNC(=O)c2ccccc2C)c1. The Hall–Kier alpha value is -2.42. The number of rotatable bonds is 9. The fourth-order valence-electron chi connectivity index (χ4n) is 2.90. The van der Waals surface area contributed by atoms with Crippen molar-refractivity contribution in [1.82, 2.24) is 9.62 Å². The maximum atomic E-state index is 12.7. The van der Waals surface area contributed by atoms with Gasteiger partial charge in [-0.15, -0.1) is 0 Å². The Labute approximate surface area is 182 Å². The molecule has 0 saturated carbocycles. The summed E-state index contributed by atoms with van der Waals surface area (Å²) in [6.07, 6.45) is 0.0149. The number of benzene rings is 2. The Morgan fingerprint density at radius 3 is 2.37 bits per heavy atom. The third-order valence-electron chi connectivity index (χ3n) is 4.58. The van der Waals surface area contributed by atoms with Crippen LogP contribution >= 0.6 is 11.6 Å². The summed E-state index contributed by atoms with van der Waals surface area (Å²) in [6.45, 7) is 6.15. The molecule has 0 atom stereocenters. The average Bonchev–Trinajstić information content (AvgIpc) is 2.70. The minimum absolute atomic E-state index is 0.0149. The average molecular weight is 452 g/mol. The van der Waals surface area contributed by atoms with Gasteiger partial charge in [0.15, 0.2) is 0 Å². The summed E-state index contributed by atoms with van der Waals surface area (Å²) in [5, 5.41) is 5.55. The van der Waals surface area contributed by atoms with Gasteiger partial charge in [-0.2, -0.15) is 4.31 Å². The van der Waals surface area contributed by atoms with Crippen LogP contribution in [0.1, 0.15) is 36.2 Å². The highest BCUT2D eigenvalue weighted by Crippen LogP contribution is 2.27. The van der Waals surface area contributed by atoms with Gasteiger partial charge in [-0.3, -0.25) is 9.59 Å². The van der Waals surface area contributed by atoms with Crippen molar-refractivity contribution in [2.75, 3.05) is 25.0 Å². The third kappa shape index (κ3) is 5.81. The van der Waals surface area contributed by atoms with Gasteiger partial charge in [0.25, 0.3) is 5.91 Å². The van der Waals surface area contributed by atoms with Gasteiger partial charge in [0.1, 0.15) is 0 Å². The summed E-state index contributed by atoms with van der Waals surface area (Å²) in [6, 6.07) is 11.4. The summed E-state index contributed by atoms with van der Waals surface area (Å²) >= 11 is 6.13. The van der Waals surface area contributed by atoms with Crippen molar-refractivity contribution in [2.45, 2.75) is 32.1 Å². The van der Waals surface area contributed by atoms with Crippen LogP contribution < -0.4 is 10.6 Å².